The Balaban J connectivity index is 1.25. The zero-order valence-corrected chi connectivity index (χ0v) is 28.9. The van der Waals surface area contributed by atoms with Gasteiger partial charge in [-0.2, -0.15) is 4.98 Å². The molecule has 4 aliphatic rings. The number of ether oxygens (including phenoxy) is 3. The Morgan fingerprint density at radius 1 is 1.00 bits per heavy atom. The smallest absolute Gasteiger partial charge is 0.329 e. The van der Waals surface area contributed by atoms with E-state index in [1.165, 1.54) is 0 Å². The first-order valence-electron chi connectivity index (χ1n) is 17.5. The van der Waals surface area contributed by atoms with Gasteiger partial charge >= 0.3 is 5.97 Å². The highest BCUT2D eigenvalue weighted by Crippen LogP contribution is 2.39. The second kappa shape index (κ2) is 12.7. The van der Waals surface area contributed by atoms with Crippen LogP contribution in [0.1, 0.15) is 65.2 Å². The van der Waals surface area contributed by atoms with Crippen molar-refractivity contribution >= 4 is 56.9 Å². The first-order valence-corrected chi connectivity index (χ1v) is 17.5. The third-order valence-electron chi connectivity index (χ3n) is 9.66. The quantitative estimate of drug-likeness (QED) is 0.193. The number of para-hydroxylation sites is 3. The molecule has 1 amide bonds. The molecule has 2 aromatic carbocycles. The molecule has 2 saturated heterocycles. The summed E-state index contributed by atoms with van der Waals surface area (Å²) in [6, 6.07) is 15.6. The molecule has 3 atom stereocenters. The number of piperidine rings is 1. The number of hydrogen-bond donors (Lipinski definition) is 0. The number of imidazole rings is 1. The topological polar surface area (TPSA) is 125 Å². The third-order valence-corrected chi connectivity index (χ3v) is 9.66. The molecule has 3 aromatic heterocycles. The Morgan fingerprint density at radius 2 is 1.78 bits per heavy atom. The minimum absolute atomic E-state index is 0.0876. The van der Waals surface area contributed by atoms with Crippen LogP contribution in [0, 0.1) is 0 Å². The van der Waals surface area contributed by atoms with E-state index < -0.39 is 17.7 Å². The summed E-state index contributed by atoms with van der Waals surface area (Å²) in [7, 11) is 0. The van der Waals surface area contributed by atoms with Gasteiger partial charge in [-0.3, -0.25) is 9.36 Å². The standard InChI is InChI=1S/C38H42N6O6/c1-23-20-32(45)42-17-15-24(16-18-42)44-28-12-7-6-11-27(28)39-37(44)48-25-21-29(36(46)50-38(2,3)4)43(22-25)35-34-33(26-10-5-8-13-30(26)49-34)40-31(41-35)14-9-19-47-23/h5-14,23-25,29H,15-22H2,1-4H3/t23-,25+,29+/m1/s1. The maximum atomic E-state index is 14.0. The molecule has 260 valence electrons. The summed E-state index contributed by atoms with van der Waals surface area (Å²) in [5.74, 6) is 0.655. The van der Waals surface area contributed by atoms with Crippen molar-refractivity contribution in [1.82, 2.24) is 24.4 Å². The molecule has 12 nitrogen and oxygen atoms in total. The number of benzene rings is 2. The van der Waals surface area contributed by atoms with Gasteiger partial charge in [0.15, 0.2) is 17.2 Å². The molecule has 0 spiro atoms. The lowest BCUT2D eigenvalue weighted by molar-refractivity contribution is -0.156. The lowest BCUT2D eigenvalue weighted by Gasteiger charge is -2.34. The summed E-state index contributed by atoms with van der Waals surface area (Å²) >= 11 is 0. The molecule has 2 fully saturated rings. The molecule has 5 aromatic rings. The molecule has 4 aliphatic heterocycles. The highest BCUT2D eigenvalue weighted by molar-refractivity contribution is 6.06. The van der Waals surface area contributed by atoms with Crippen LogP contribution in [0.15, 0.2) is 59.0 Å². The molecule has 0 aliphatic carbocycles. The molecule has 0 N–H and O–H groups in total. The average Bonchev–Trinajstić information content (AvgIpc) is 3.79. The lowest BCUT2D eigenvalue weighted by Crippen LogP contribution is -2.41. The van der Waals surface area contributed by atoms with Gasteiger partial charge in [-0.15, -0.1) is 0 Å². The van der Waals surface area contributed by atoms with Gasteiger partial charge in [0.05, 0.1) is 36.7 Å². The number of aromatic nitrogens is 4. The molecule has 0 radical (unpaired) electrons. The first kappa shape index (κ1) is 32.2. The summed E-state index contributed by atoms with van der Waals surface area (Å²) in [4.78, 5) is 45.9. The van der Waals surface area contributed by atoms with Crippen molar-refractivity contribution in [2.45, 2.75) is 83.3 Å². The van der Waals surface area contributed by atoms with Crippen molar-refractivity contribution in [2.24, 2.45) is 0 Å². The number of hydrogen-bond acceptors (Lipinski definition) is 10. The second-order valence-electron chi connectivity index (χ2n) is 14.5. The van der Waals surface area contributed by atoms with Gasteiger partial charge in [0, 0.05) is 30.9 Å². The second-order valence-corrected chi connectivity index (χ2v) is 14.5. The summed E-state index contributed by atoms with van der Waals surface area (Å²) in [6.45, 7) is 9.42. The SMILES string of the molecule is C[C@@H]1CC(=O)N2CCC(CC2)n2c(nc3ccccc32)O[C@H]2C[C@@H](C(=O)OC(C)(C)C)N(C2)c2nc(nc3c2oc2ccccc23)C=CCO1. The first-order chi connectivity index (χ1) is 24.1. The Kier molecular flexibility index (Phi) is 8.21. The van der Waals surface area contributed by atoms with E-state index >= 15 is 0 Å². The number of anilines is 1. The van der Waals surface area contributed by atoms with Crippen LogP contribution in [0.5, 0.6) is 6.01 Å². The predicted molar refractivity (Wildman–Crippen MR) is 189 cm³/mol. The number of nitrogens with zero attached hydrogens (tertiary/aromatic N) is 6. The van der Waals surface area contributed by atoms with Gasteiger partial charge in [-0.05, 0) is 70.9 Å². The van der Waals surface area contributed by atoms with Crippen molar-refractivity contribution in [2.75, 3.05) is 31.1 Å². The van der Waals surface area contributed by atoms with Gasteiger partial charge in [0.1, 0.15) is 28.8 Å². The van der Waals surface area contributed by atoms with Crippen molar-refractivity contribution in [1.29, 1.82) is 0 Å². The van der Waals surface area contributed by atoms with E-state index in [4.69, 9.17) is 33.6 Å². The van der Waals surface area contributed by atoms with E-state index in [0.29, 0.717) is 66.8 Å². The summed E-state index contributed by atoms with van der Waals surface area (Å²) in [5, 5.41) is 0.846. The Labute approximate surface area is 290 Å². The fourth-order valence-corrected chi connectivity index (χ4v) is 7.36. The van der Waals surface area contributed by atoms with E-state index in [2.05, 4.69) is 10.6 Å². The number of rotatable bonds is 1. The van der Waals surface area contributed by atoms with Crippen LogP contribution in [-0.4, -0.2) is 86.4 Å². The largest absolute Gasteiger partial charge is 0.459 e. The molecule has 6 bridgehead atoms. The van der Waals surface area contributed by atoms with E-state index in [1.54, 1.807) is 6.08 Å². The maximum absolute atomic E-state index is 14.0. The summed E-state index contributed by atoms with van der Waals surface area (Å²) in [5.41, 5.74) is 2.92. The molecule has 9 rings (SSSR count). The number of carbonyl (C=O) groups is 2. The van der Waals surface area contributed by atoms with Crippen molar-refractivity contribution in [3.63, 3.8) is 0 Å². The van der Waals surface area contributed by atoms with Gasteiger partial charge in [0.2, 0.25) is 5.91 Å². The van der Waals surface area contributed by atoms with Crippen LogP contribution < -0.4 is 9.64 Å². The Morgan fingerprint density at radius 3 is 2.60 bits per heavy atom. The van der Waals surface area contributed by atoms with Crippen molar-refractivity contribution in [3.05, 3.63) is 60.4 Å². The minimum atomic E-state index is -0.701. The minimum Gasteiger partial charge on any atom is -0.459 e. The highest BCUT2D eigenvalue weighted by atomic mass is 16.6. The predicted octanol–water partition coefficient (Wildman–Crippen LogP) is 6.08. The number of esters is 1. The van der Waals surface area contributed by atoms with Gasteiger partial charge in [0.25, 0.3) is 6.01 Å². The van der Waals surface area contributed by atoms with E-state index in [9.17, 15) is 9.59 Å². The Bertz CT molecular complexity index is 2110. The maximum Gasteiger partial charge on any atom is 0.329 e. The van der Waals surface area contributed by atoms with Gasteiger partial charge < -0.3 is 28.4 Å². The lowest BCUT2D eigenvalue weighted by atomic mass is 10.0. The van der Waals surface area contributed by atoms with Crippen LogP contribution in [0.2, 0.25) is 0 Å². The Hall–Kier alpha value is -4.97. The number of furan rings is 1. The van der Waals surface area contributed by atoms with Crippen LogP contribution in [0.4, 0.5) is 5.82 Å². The van der Waals surface area contributed by atoms with E-state index in [0.717, 1.165) is 29.3 Å². The van der Waals surface area contributed by atoms with Gasteiger partial charge in [-0.1, -0.05) is 30.3 Å². The molecule has 12 heteroatoms. The molecular weight excluding hydrogens is 636 g/mol. The van der Waals surface area contributed by atoms with Crippen LogP contribution in [0.3, 0.4) is 0 Å². The zero-order chi connectivity index (χ0) is 34.6. The molecular formula is C38H42N6O6. The third kappa shape index (κ3) is 6.17. The number of amides is 1. The zero-order valence-electron chi connectivity index (χ0n) is 28.9. The average molecular weight is 679 g/mol. The highest BCUT2D eigenvalue weighted by Gasteiger charge is 2.43. The monoisotopic (exact) mass is 678 g/mol. The fraction of sp³-hybridized carbons (Fsp3) is 0.447. The number of carbonyl (C=O) groups excluding carboxylic acids is 2. The van der Waals surface area contributed by atoms with E-state index in [1.807, 2.05) is 86.0 Å². The van der Waals surface area contributed by atoms with Crippen molar-refractivity contribution in [3.8, 4) is 6.01 Å². The van der Waals surface area contributed by atoms with Crippen LogP contribution in [0.25, 0.3) is 39.2 Å². The van der Waals surface area contributed by atoms with E-state index in [-0.39, 0.29) is 30.6 Å². The van der Waals surface area contributed by atoms with Gasteiger partial charge in [-0.25, -0.2) is 14.8 Å². The molecule has 7 heterocycles. The summed E-state index contributed by atoms with van der Waals surface area (Å²) in [6.07, 6.45) is 5.17. The summed E-state index contributed by atoms with van der Waals surface area (Å²) < 4.78 is 27.4. The number of fused-ring (bicyclic) bond motifs is 11. The van der Waals surface area contributed by atoms with Crippen LogP contribution >= 0.6 is 0 Å². The normalized spacial score (nSPS) is 23.4. The molecule has 50 heavy (non-hydrogen) atoms. The molecule has 0 unspecified atom stereocenters. The van der Waals surface area contributed by atoms with Crippen LogP contribution in [-0.2, 0) is 19.1 Å². The fourth-order valence-electron chi connectivity index (χ4n) is 7.36. The molecule has 0 saturated carbocycles. The van der Waals surface area contributed by atoms with Crippen molar-refractivity contribution < 1.29 is 28.2 Å².